The second kappa shape index (κ2) is 8.77. The number of nitrogens with zero attached hydrogens (tertiary/aromatic N) is 2. The first-order valence-corrected chi connectivity index (χ1v) is 9.23. The van der Waals surface area contributed by atoms with Gasteiger partial charge in [0.2, 0.25) is 0 Å². The Kier molecular flexibility index (Phi) is 6.36. The number of carbonyl (C=O) groups is 1. The van der Waals surface area contributed by atoms with Crippen LogP contribution in [0.25, 0.3) is 0 Å². The summed E-state index contributed by atoms with van der Waals surface area (Å²) < 4.78 is 49.4. The Balaban J connectivity index is 1.90. The molecule has 156 valence electrons. The third-order valence-electron chi connectivity index (χ3n) is 4.64. The van der Waals surface area contributed by atoms with Crippen molar-refractivity contribution in [2.24, 2.45) is 0 Å². The molecule has 1 aromatic heterocycles. The molecular weight excluding hydrogens is 387 g/mol. The first-order chi connectivity index (χ1) is 13.8. The molecule has 0 bridgehead atoms. The average molecular weight is 409 g/mol. The van der Waals surface area contributed by atoms with Crippen molar-refractivity contribution in [1.82, 2.24) is 9.97 Å². The van der Waals surface area contributed by atoms with Crippen molar-refractivity contribution in [2.45, 2.75) is 45.0 Å². The lowest BCUT2D eigenvalue weighted by Gasteiger charge is -2.20. The maximum absolute atomic E-state index is 13.0. The van der Waals surface area contributed by atoms with Gasteiger partial charge in [0.05, 0.1) is 30.9 Å². The van der Waals surface area contributed by atoms with Crippen LogP contribution in [0.3, 0.4) is 0 Å². The number of halogens is 3. The SMILES string of the molecule is COC(=O)Cc1nc(C)nc(NCc2cccc(C(F)(F)F)c2)c1C1CCCO1. The van der Waals surface area contributed by atoms with Gasteiger partial charge in [0.1, 0.15) is 11.6 Å². The highest BCUT2D eigenvalue weighted by Gasteiger charge is 2.30. The Labute approximate surface area is 166 Å². The van der Waals surface area contributed by atoms with E-state index < -0.39 is 17.7 Å². The van der Waals surface area contributed by atoms with Crippen molar-refractivity contribution in [1.29, 1.82) is 0 Å². The quantitative estimate of drug-likeness (QED) is 0.728. The lowest BCUT2D eigenvalue weighted by atomic mass is 10.0. The van der Waals surface area contributed by atoms with E-state index in [0.29, 0.717) is 35.1 Å². The number of nitrogens with one attached hydrogen (secondary N) is 1. The van der Waals surface area contributed by atoms with Crippen LogP contribution in [0, 0.1) is 6.92 Å². The van der Waals surface area contributed by atoms with Gasteiger partial charge in [-0.25, -0.2) is 9.97 Å². The molecule has 0 spiro atoms. The molecule has 3 rings (SSSR count). The normalized spacial score (nSPS) is 16.7. The monoisotopic (exact) mass is 409 g/mol. The highest BCUT2D eigenvalue weighted by atomic mass is 19.4. The fourth-order valence-electron chi connectivity index (χ4n) is 3.30. The van der Waals surface area contributed by atoms with Gasteiger partial charge in [0.25, 0.3) is 0 Å². The largest absolute Gasteiger partial charge is 0.469 e. The predicted octanol–water partition coefficient (Wildman–Crippen LogP) is 3.98. The number of methoxy groups -OCH3 is 1. The third kappa shape index (κ3) is 5.23. The van der Waals surface area contributed by atoms with E-state index in [1.165, 1.54) is 13.2 Å². The average Bonchev–Trinajstić information content (AvgIpc) is 3.19. The summed E-state index contributed by atoms with van der Waals surface area (Å²) in [6, 6.07) is 5.11. The number of hydrogen-bond acceptors (Lipinski definition) is 6. The number of rotatable bonds is 6. The minimum atomic E-state index is -4.40. The highest BCUT2D eigenvalue weighted by Crippen LogP contribution is 2.35. The standard InChI is InChI=1S/C20H22F3N3O3/c1-12-25-15(10-17(27)28-2)18(16-7-4-8-29-16)19(26-12)24-11-13-5-3-6-14(9-13)20(21,22)23/h3,5-6,9,16H,4,7-8,10-11H2,1-2H3,(H,24,25,26). The summed E-state index contributed by atoms with van der Waals surface area (Å²) in [5, 5.41) is 3.11. The number of anilines is 1. The van der Waals surface area contributed by atoms with E-state index in [1.54, 1.807) is 13.0 Å². The number of esters is 1. The first-order valence-electron chi connectivity index (χ1n) is 9.23. The predicted molar refractivity (Wildman–Crippen MR) is 99.2 cm³/mol. The molecule has 2 aromatic rings. The number of alkyl halides is 3. The van der Waals surface area contributed by atoms with E-state index in [4.69, 9.17) is 9.47 Å². The zero-order valence-corrected chi connectivity index (χ0v) is 16.2. The van der Waals surface area contributed by atoms with E-state index in [1.807, 2.05) is 0 Å². The Morgan fingerprint density at radius 2 is 2.14 bits per heavy atom. The molecule has 0 radical (unpaired) electrons. The lowest BCUT2D eigenvalue weighted by molar-refractivity contribution is -0.140. The minimum Gasteiger partial charge on any atom is -0.469 e. The van der Waals surface area contributed by atoms with Crippen LogP contribution in [0.2, 0.25) is 0 Å². The summed E-state index contributed by atoms with van der Waals surface area (Å²) in [6.07, 6.45) is -3.10. The molecule has 1 N–H and O–H groups in total. The second-order valence-electron chi connectivity index (χ2n) is 6.79. The van der Waals surface area contributed by atoms with Crippen molar-refractivity contribution < 1.29 is 27.4 Å². The van der Waals surface area contributed by atoms with Gasteiger partial charge >= 0.3 is 12.1 Å². The van der Waals surface area contributed by atoms with Gasteiger partial charge in [-0.3, -0.25) is 4.79 Å². The van der Waals surface area contributed by atoms with Crippen LogP contribution in [0.5, 0.6) is 0 Å². The van der Waals surface area contributed by atoms with Gasteiger partial charge in [-0.15, -0.1) is 0 Å². The summed E-state index contributed by atoms with van der Waals surface area (Å²) in [7, 11) is 1.30. The van der Waals surface area contributed by atoms with Crippen LogP contribution in [-0.2, 0) is 33.4 Å². The summed E-state index contributed by atoms with van der Waals surface area (Å²) in [5.74, 6) is 0.462. The third-order valence-corrected chi connectivity index (χ3v) is 4.64. The van der Waals surface area contributed by atoms with E-state index >= 15 is 0 Å². The minimum absolute atomic E-state index is 0.0344. The van der Waals surface area contributed by atoms with Gasteiger partial charge in [-0.1, -0.05) is 12.1 Å². The fourth-order valence-corrected chi connectivity index (χ4v) is 3.30. The molecule has 29 heavy (non-hydrogen) atoms. The summed E-state index contributed by atoms with van der Waals surface area (Å²) >= 11 is 0. The summed E-state index contributed by atoms with van der Waals surface area (Å²) in [5.41, 5.74) is 0.915. The number of ether oxygens (including phenoxy) is 2. The molecule has 0 saturated carbocycles. The van der Waals surface area contributed by atoms with E-state index in [2.05, 4.69) is 15.3 Å². The zero-order chi connectivity index (χ0) is 21.0. The van der Waals surface area contributed by atoms with Gasteiger partial charge in [-0.05, 0) is 37.5 Å². The topological polar surface area (TPSA) is 73.3 Å². The van der Waals surface area contributed by atoms with Crippen LogP contribution in [-0.4, -0.2) is 29.7 Å². The number of carbonyl (C=O) groups excluding carboxylic acids is 1. The van der Waals surface area contributed by atoms with Gasteiger partial charge in [0.15, 0.2) is 0 Å². The van der Waals surface area contributed by atoms with Crippen molar-refractivity contribution in [3.05, 3.63) is 52.5 Å². The molecule has 1 saturated heterocycles. The number of aryl methyl sites for hydroxylation is 1. The molecule has 0 aliphatic carbocycles. The summed E-state index contributed by atoms with van der Waals surface area (Å²) in [4.78, 5) is 20.6. The lowest BCUT2D eigenvalue weighted by Crippen LogP contribution is -2.17. The van der Waals surface area contributed by atoms with Gasteiger partial charge in [-0.2, -0.15) is 13.2 Å². The smallest absolute Gasteiger partial charge is 0.416 e. The number of benzene rings is 1. The molecule has 1 atom stereocenters. The van der Waals surface area contributed by atoms with E-state index in [-0.39, 0.29) is 19.1 Å². The van der Waals surface area contributed by atoms with Gasteiger partial charge in [0, 0.05) is 18.7 Å². The maximum atomic E-state index is 13.0. The van der Waals surface area contributed by atoms with Gasteiger partial charge < -0.3 is 14.8 Å². The second-order valence-corrected chi connectivity index (χ2v) is 6.79. The van der Waals surface area contributed by atoms with Crippen LogP contribution in [0.4, 0.5) is 19.0 Å². The molecule has 1 aliphatic heterocycles. The maximum Gasteiger partial charge on any atom is 0.416 e. The highest BCUT2D eigenvalue weighted by molar-refractivity contribution is 5.73. The van der Waals surface area contributed by atoms with Crippen LogP contribution in [0.1, 0.15) is 47.2 Å². The Morgan fingerprint density at radius 1 is 1.34 bits per heavy atom. The molecule has 1 fully saturated rings. The molecule has 6 nitrogen and oxygen atoms in total. The molecule has 1 aliphatic rings. The Hall–Kier alpha value is -2.68. The molecule has 1 unspecified atom stereocenters. The molecule has 1 aromatic carbocycles. The Bertz CT molecular complexity index is 881. The van der Waals surface area contributed by atoms with Crippen molar-refractivity contribution in [3.8, 4) is 0 Å². The fraction of sp³-hybridized carbons (Fsp3) is 0.450. The molecular formula is C20H22F3N3O3. The molecule has 9 heteroatoms. The zero-order valence-electron chi connectivity index (χ0n) is 16.2. The molecule has 2 heterocycles. The number of hydrogen-bond donors (Lipinski definition) is 1. The van der Waals surface area contributed by atoms with Crippen molar-refractivity contribution in [3.63, 3.8) is 0 Å². The van der Waals surface area contributed by atoms with Crippen molar-refractivity contribution >= 4 is 11.8 Å². The summed E-state index contributed by atoms with van der Waals surface area (Å²) in [6.45, 7) is 2.41. The van der Waals surface area contributed by atoms with Crippen molar-refractivity contribution in [2.75, 3.05) is 19.0 Å². The Morgan fingerprint density at radius 3 is 2.79 bits per heavy atom. The number of aromatic nitrogens is 2. The van der Waals surface area contributed by atoms with Crippen LogP contribution >= 0.6 is 0 Å². The van der Waals surface area contributed by atoms with Crippen LogP contribution in [0.15, 0.2) is 24.3 Å². The van der Waals surface area contributed by atoms with E-state index in [9.17, 15) is 18.0 Å². The molecule has 0 amide bonds. The first kappa shape index (κ1) is 21.0. The van der Waals surface area contributed by atoms with Crippen LogP contribution < -0.4 is 5.32 Å². The van der Waals surface area contributed by atoms with E-state index in [0.717, 1.165) is 25.0 Å².